The van der Waals surface area contributed by atoms with Crippen molar-refractivity contribution < 1.29 is 21.6 Å². The molecule has 0 aromatic heterocycles. The van der Waals surface area contributed by atoms with Crippen molar-refractivity contribution in [2.24, 2.45) is 5.14 Å². The van der Waals surface area contributed by atoms with Crippen molar-refractivity contribution in [1.29, 1.82) is 0 Å². The van der Waals surface area contributed by atoms with E-state index in [2.05, 4.69) is 27.2 Å². The van der Waals surface area contributed by atoms with E-state index >= 15 is 0 Å². The van der Waals surface area contributed by atoms with Crippen LogP contribution in [0.2, 0.25) is 0 Å². The fourth-order valence-electron chi connectivity index (χ4n) is 3.93. The number of halogens is 3. The molecule has 2 aliphatic heterocycles. The third-order valence-electron chi connectivity index (χ3n) is 5.06. The third kappa shape index (κ3) is 3.70. The lowest BCUT2D eigenvalue weighted by molar-refractivity contribution is -0.140. The zero-order valence-corrected chi connectivity index (χ0v) is 15.8. The fraction of sp³-hybridized carbons (Fsp3) is 0.294. The van der Waals surface area contributed by atoms with Gasteiger partial charge in [0, 0.05) is 23.7 Å². The lowest BCUT2D eigenvalue weighted by Crippen LogP contribution is -2.33. The molecular weight excluding hydrogens is 409 g/mol. The average molecular weight is 428 g/mol. The van der Waals surface area contributed by atoms with Gasteiger partial charge in [0.15, 0.2) is 0 Å². The topological polar surface area (TPSA) is 120 Å². The third-order valence-corrected chi connectivity index (χ3v) is 6.07. The van der Waals surface area contributed by atoms with Crippen LogP contribution in [-0.2, 0) is 16.2 Å². The molecule has 0 saturated carbocycles. The maximum atomic E-state index is 13.7. The van der Waals surface area contributed by atoms with Crippen LogP contribution >= 0.6 is 0 Å². The van der Waals surface area contributed by atoms with Crippen LogP contribution < -0.4 is 32.4 Å². The molecule has 29 heavy (non-hydrogen) atoms. The molecule has 2 aromatic carbocycles. The molecule has 2 aromatic rings. The van der Waals surface area contributed by atoms with Crippen LogP contribution in [0.15, 0.2) is 41.3 Å². The van der Waals surface area contributed by atoms with E-state index in [0.717, 1.165) is 17.3 Å². The van der Waals surface area contributed by atoms with Gasteiger partial charge in [-0.15, -0.1) is 0 Å². The Kier molecular flexibility index (Phi) is 5.01. The van der Waals surface area contributed by atoms with Crippen LogP contribution in [0.25, 0.3) is 0 Å². The maximum absolute atomic E-state index is 13.7. The Hall–Kier alpha value is -2.22. The molecule has 0 radical (unpaired) electrons. The van der Waals surface area contributed by atoms with Gasteiger partial charge >= 0.3 is 6.18 Å². The lowest BCUT2D eigenvalue weighted by atomic mass is 9.81. The summed E-state index contributed by atoms with van der Waals surface area (Å²) >= 11 is 0. The van der Waals surface area contributed by atoms with Crippen molar-refractivity contribution in [2.75, 3.05) is 11.9 Å². The molecule has 0 aliphatic carbocycles. The maximum Gasteiger partial charge on any atom is 0.417 e. The molecule has 8 nitrogen and oxygen atoms in total. The summed E-state index contributed by atoms with van der Waals surface area (Å²) in [5.41, 5.74) is 11.2. The molecule has 1 atom stereocenters. The van der Waals surface area contributed by atoms with Gasteiger partial charge in [0.05, 0.1) is 5.56 Å². The number of nitrogens with two attached hydrogens (primary N) is 1. The smallest absolute Gasteiger partial charge is 0.385 e. The Morgan fingerprint density at radius 2 is 1.69 bits per heavy atom. The average Bonchev–Trinajstić information content (AvgIpc) is 3.19. The molecule has 1 fully saturated rings. The molecule has 1 saturated heterocycles. The summed E-state index contributed by atoms with van der Waals surface area (Å²) in [6.07, 6.45) is -5.27. The van der Waals surface area contributed by atoms with Gasteiger partial charge in [-0.05, 0) is 29.7 Å². The minimum Gasteiger partial charge on any atom is -0.385 e. The second kappa shape index (κ2) is 7.23. The highest BCUT2D eigenvalue weighted by Crippen LogP contribution is 2.44. The van der Waals surface area contributed by atoms with Gasteiger partial charge < -0.3 is 5.32 Å². The number of anilines is 1. The first kappa shape index (κ1) is 20.1. The molecular formula is C17H19F3N6O2S. The summed E-state index contributed by atoms with van der Waals surface area (Å²) < 4.78 is 65.6. The zero-order valence-electron chi connectivity index (χ0n) is 15.0. The largest absolute Gasteiger partial charge is 0.417 e. The second-order valence-electron chi connectivity index (χ2n) is 6.81. The number of para-hydroxylation sites is 1. The molecule has 0 amide bonds. The zero-order chi connectivity index (χ0) is 20.8. The van der Waals surface area contributed by atoms with Gasteiger partial charge in [0.25, 0.3) is 0 Å². The van der Waals surface area contributed by atoms with Gasteiger partial charge in [-0.25, -0.2) is 24.4 Å². The highest BCUT2D eigenvalue weighted by molar-refractivity contribution is 7.89. The Bertz CT molecular complexity index is 1040. The standard InChI is InChI=1S/C17H19F3N6O2S/c18-17(19,20)12-6-5-11(9-7-8-22-13-4-2-1-3-10(9)13)14(15(12)29(21,27)28)16-23-25-26-24-16/h1-6,9,16,22-26H,7-8H2,(H2,21,27,28). The summed E-state index contributed by atoms with van der Waals surface area (Å²) in [5.74, 6) is -0.311. The van der Waals surface area contributed by atoms with Crippen molar-refractivity contribution in [1.82, 2.24) is 21.9 Å². The number of benzene rings is 2. The van der Waals surface area contributed by atoms with E-state index in [0.29, 0.717) is 18.5 Å². The first-order valence-corrected chi connectivity index (χ1v) is 10.3. The highest BCUT2D eigenvalue weighted by Gasteiger charge is 2.41. The number of nitrogens with one attached hydrogen (secondary N) is 5. The summed E-state index contributed by atoms with van der Waals surface area (Å²) in [5, 5.41) is 8.53. The predicted molar refractivity (Wildman–Crippen MR) is 99.5 cm³/mol. The molecule has 7 N–H and O–H groups in total. The van der Waals surface area contributed by atoms with E-state index in [4.69, 9.17) is 5.14 Å². The number of hydrogen-bond acceptors (Lipinski definition) is 7. The second-order valence-corrected chi connectivity index (χ2v) is 8.31. The Labute approximate surface area is 165 Å². The van der Waals surface area contributed by atoms with Crippen molar-refractivity contribution in [2.45, 2.75) is 29.6 Å². The highest BCUT2D eigenvalue weighted by atomic mass is 32.2. The van der Waals surface area contributed by atoms with Crippen molar-refractivity contribution >= 4 is 15.7 Å². The Morgan fingerprint density at radius 3 is 2.34 bits per heavy atom. The summed E-state index contributed by atoms with van der Waals surface area (Å²) in [4.78, 5) is -0.936. The SMILES string of the molecule is NS(=O)(=O)c1c(C(F)(F)F)ccc(C2CCNc3ccccc32)c1C1NNNN1. The Balaban J connectivity index is 2.01. The first-order chi connectivity index (χ1) is 13.7. The normalized spacial score (nSPS) is 20.3. The number of fused-ring (bicyclic) bond motifs is 1. The van der Waals surface area contributed by atoms with Crippen LogP contribution in [0.3, 0.4) is 0 Å². The van der Waals surface area contributed by atoms with Crippen LogP contribution in [-0.4, -0.2) is 15.0 Å². The molecule has 0 spiro atoms. The van der Waals surface area contributed by atoms with Gasteiger partial charge in [-0.1, -0.05) is 24.3 Å². The fourth-order valence-corrected chi connectivity index (χ4v) is 4.97. The Morgan fingerprint density at radius 1 is 1.00 bits per heavy atom. The molecule has 2 heterocycles. The van der Waals surface area contributed by atoms with E-state index in [-0.39, 0.29) is 11.5 Å². The number of alkyl halides is 3. The summed E-state index contributed by atoms with van der Waals surface area (Å²) in [7, 11) is -4.69. The van der Waals surface area contributed by atoms with Crippen LogP contribution in [0.4, 0.5) is 18.9 Å². The van der Waals surface area contributed by atoms with Gasteiger partial charge in [0.2, 0.25) is 10.0 Å². The first-order valence-electron chi connectivity index (χ1n) is 8.78. The van der Waals surface area contributed by atoms with E-state index in [9.17, 15) is 21.6 Å². The molecule has 0 bridgehead atoms. The number of hydrogen-bond donors (Lipinski definition) is 6. The van der Waals surface area contributed by atoms with Crippen molar-refractivity contribution in [3.05, 3.63) is 58.7 Å². The summed E-state index contributed by atoms with van der Waals surface area (Å²) in [6, 6.07) is 9.56. The van der Waals surface area contributed by atoms with E-state index in [1.807, 2.05) is 24.3 Å². The van der Waals surface area contributed by atoms with Gasteiger partial charge in [0.1, 0.15) is 11.1 Å². The number of hydrazine groups is 3. The molecule has 12 heteroatoms. The van der Waals surface area contributed by atoms with Crippen LogP contribution in [0.5, 0.6) is 0 Å². The quantitative estimate of drug-likeness (QED) is 0.437. The van der Waals surface area contributed by atoms with E-state index < -0.39 is 32.8 Å². The number of sulfonamides is 1. The van der Waals surface area contributed by atoms with Crippen LogP contribution in [0, 0.1) is 0 Å². The van der Waals surface area contributed by atoms with Gasteiger partial charge in [-0.2, -0.15) is 24.2 Å². The number of primary sulfonamides is 1. The van der Waals surface area contributed by atoms with E-state index in [1.54, 1.807) is 0 Å². The van der Waals surface area contributed by atoms with Crippen molar-refractivity contribution in [3.63, 3.8) is 0 Å². The van der Waals surface area contributed by atoms with Gasteiger partial charge in [-0.3, -0.25) is 0 Å². The minimum absolute atomic E-state index is 0.0680. The molecule has 156 valence electrons. The molecule has 1 unspecified atom stereocenters. The lowest BCUT2D eigenvalue weighted by Gasteiger charge is -2.31. The molecule has 4 rings (SSSR count). The monoisotopic (exact) mass is 428 g/mol. The van der Waals surface area contributed by atoms with Crippen LogP contribution in [0.1, 0.15) is 40.8 Å². The summed E-state index contributed by atoms with van der Waals surface area (Å²) in [6.45, 7) is 0.592. The van der Waals surface area contributed by atoms with E-state index in [1.165, 1.54) is 6.07 Å². The predicted octanol–water partition coefficient (Wildman–Crippen LogP) is 1.42. The molecule has 2 aliphatic rings. The van der Waals surface area contributed by atoms with Crippen molar-refractivity contribution in [3.8, 4) is 0 Å². The minimum atomic E-state index is -4.89. The number of rotatable bonds is 3.